The van der Waals surface area contributed by atoms with E-state index in [0.717, 1.165) is 28.8 Å². The Morgan fingerprint density at radius 2 is 2.00 bits per heavy atom. The Labute approximate surface area is 138 Å². The molecule has 0 aliphatic carbocycles. The fourth-order valence-corrected chi connectivity index (χ4v) is 3.24. The van der Waals surface area contributed by atoms with Crippen molar-refractivity contribution in [3.63, 3.8) is 0 Å². The number of aryl methyl sites for hydroxylation is 2. The molecule has 0 aliphatic rings. The molecule has 1 unspecified atom stereocenters. The molecule has 0 amide bonds. The molecule has 1 atom stereocenters. The summed E-state index contributed by atoms with van der Waals surface area (Å²) in [6.07, 6.45) is 1.24. The lowest BCUT2D eigenvalue weighted by Crippen LogP contribution is -2.16. The fraction of sp³-hybridized carbons (Fsp3) is 0.438. The van der Waals surface area contributed by atoms with Gasteiger partial charge in [-0.1, -0.05) is 22.9 Å². The van der Waals surface area contributed by atoms with Crippen LogP contribution in [0, 0.1) is 0 Å². The Hall–Kier alpha value is -0.780. The molecule has 2 rings (SSSR count). The summed E-state index contributed by atoms with van der Waals surface area (Å²) in [6.45, 7) is 5.03. The first kappa shape index (κ1) is 16.6. The zero-order valence-corrected chi connectivity index (χ0v) is 14.8. The van der Waals surface area contributed by atoms with Gasteiger partial charge in [0.15, 0.2) is 0 Å². The molecular formula is C16H21BrN2OS. The van der Waals surface area contributed by atoms with E-state index in [1.807, 2.05) is 16.8 Å². The van der Waals surface area contributed by atoms with Crippen molar-refractivity contribution in [3.8, 4) is 0 Å². The SMILES string of the molecule is CCc1cc(CC(O)CSc2ccc(Br)cc2)n(CC)n1. The highest BCUT2D eigenvalue weighted by Gasteiger charge is 2.12. The molecule has 3 nitrogen and oxygen atoms in total. The second-order valence-electron chi connectivity index (χ2n) is 4.92. The first-order chi connectivity index (χ1) is 10.1. The van der Waals surface area contributed by atoms with E-state index >= 15 is 0 Å². The summed E-state index contributed by atoms with van der Waals surface area (Å²) >= 11 is 5.11. The van der Waals surface area contributed by atoms with Crippen molar-refractivity contribution in [2.75, 3.05) is 5.75 Å². The predicted molar refractivity (Wildman–Crippen MR) is 91.9 cm³/mol. The molecular weight excluding hydrogens is 348 g/mol. The smallest absolute Gasteiger partial charge is 0.0689 e. The van der Waals surface area contributed by atoms with Crippen LogP contribution in [-0.4, -0.2) is 26.7 Å². The van der Waals surface area contributed by atoms with Gasteiger partial charge in [0, 0.05) is 33.8 Å². The summed E-state index contributed by atoms with van der Waals surface area (Å²) in [4.78, 5) is 1.18. The van der Waals surface area contributed by atoms with Crippen LogP contribution >= 0.6 is 27.7 Å². The molecule has 1 N–H and O–H groups in total. The van der Waals surface area contributed by atoms with Gasteiger partial charge in [-0.2, -0.15) is 5.10 Å². The number of rotatable bonds is 7. The normalized spacial score (nSPS) is 12.6. The Morgan fingerprint density at radius 3 is 2.62 bits per heavy atom. The second-order valence-corrected chi connectivity index (χ2v) is 6.93. The average Bonchev–Trinajstić information content (AvgIpc) is 2.89. The van der Waals surface area contributed by atoms with Crippen molar-refractivity contribution >= 4 is 27.7 Å². The molecule has 114 valence electrons. The number of aliphatic hydroxyl groups excluding tert-OH is 1. The highest BCUT2D eigenvalue weighted by Crippen LogP contribution is 2.22. The average molecular weight is 369 g/mol. The van der Waals surface area contributed by atoms with Crippen LogP contribution in [0.5, 0.6) is 0 Å². The first-order valence-corrected chi connectivity index (χ1v) is 9.02. The van der Waals surface area contributed by atoms with E-state index in [9.17, 15) is 5.11 Å². The number of benzene rings is 1. The quantitative estimate of drug-likeness (QED) is 0.752. The van der Waals surface area contributed by atoms with Gasteiger partial charge in [0.05, 0.1) is 11.8 Å². The molecule has 5 heteroatoms. The van der Waals surface area contributed by atoms with Crippen molar-refractivity contribution < 1.29 is 5.11 Å². The Morgan fingerprint density at radius 1 is 1.29 bits per heavy atom. The fourth-order valence-electron chi connectivity index (χ4n) is 2.15. The number of thioether (sulfide) groups is 1. The summed E-state index contributed by atoms with van der Waals surface area (Å²) in [5, 5.41) is 14.8. The lowest BCUT2D eigenvalue weighted by atomic mass is 10.2. The minimum absolute atomic E-state index is 0.356. The summed E-state index contributed by atoms with van der Waals surface area (Å²) in [5.74, 6) is 0.692. The minimum Gasteiger partial charge on any atom is -0.392 e. The molecule has 0 fully saturated rings. The molecule has 1 heterocycles. The van der Waals surface area contributed by atoms with Gasteiger partial charge in [0.1, 0.15) is 0 Å². The molecule has 0 saturated carbocycles. The van der Waals surface area contributed by atoms with Gasteiger partial charge in [0.2, 0.25) is 0 Å². The highest BCUT2D eigenvalue weighted by molar-refractivity contribution is 9.10. The van der Waals surface area contributed by atoms with Crippen LogP contribution in [0.3, 0.4) is 0 Å². The molecule has 0 aliphatic heterocycles. The van der Waals surface area contributed by atoms with Gasteiger partial charge in [-0.05, 0) is 43.7 Å². The van der Waals surface area contributed by atoms with E-state index < -0.39 is 0 Å². The van der Waals surface area contributed by atoms with Crippen molar-refractivity contribution in [2.45, 2.75) is 44.2 Å². The number of nitrogens with zero attached hydrogens (tertiary/aromatic N) is 2. The van der Waals surface area contributed by atoms with E-state index in [-0.39, 0.29) is 6.10 Å². The maximum Gasteiger partial charge on any atom is 0.0689 e. The van der Waals surface area contributed by atoms with E-state index in [4.69, 9.17) is 0 Å². The summed E-state index contributed by atoms with van der Waals surface area (Å²) in [6, 6.07) is 10.3. The molecule has 0 saturated heterocycles. The zero-order valence-electron chi connectivity index (χ0n) is 12.4. The Balaban J connectivity index is 1.90. The zero-order chi connectivity index (χ0) is 15.2. The third kappa shape index (κ3) is 4.87. The van der Waals surface area contributed by atoms with Crippen LogP contribution in [-0.2, 0) is 19.4 Å². The maximum atomic E-state index is 10.2. The second kappa shape index (κ2) is 8.01. The third-order valence-electron chi connectivity index (χ3n) is 3.28. The highest BCUT2D eigenvalue weighted by atomic mass is 79.9. The monoisotopic (exact) mass is 368 g/mol. The molecule has 1 aromatic heterocycles. The van der Waals surface area contributed by atoms with Crippen molar-refractivity contribution in [1.29, 1.82) is 0 Å². The van der Waals surface area contributed by atoms with Crippen LogP contribution < -0.4 is 0 Å². The standard InChI is InChI=1S/C16H21BrN2OS/c1-3-13-9-14(19(4-2)18-13)10-15(20)11-21-16-7-5-12(17)6-8-16/h5-9,15,20H,3-4,10-11H2,1-2H3. The van der Waals surface area contributed by atoms with Crippen LogP contribution in [0.4, 0.5) is 0 Å². The molecule has 2 aromatic rings. The van der Waals surface area contributed by atoms with Crippen LogP contribution in [0.1, 0.15) is 25.2 Å². The number of hydrogen-bond acceptors (Lipinski definition) is 3. The number of hydrogen-bond donors (Lipinski definition) is 1. The molecule has 0 spiro atoms. The van der Waals surface area contributed by atoms with Crippen LogP contribution in [0.15, 0.2) is 39.7 Å². The molecule has 1 aromatic carbocycles. The predicted octanol–water partition coefficient (Wildman–Crippen LogP) is 3.92. The number of aromatic nitrogens is 2. The lowest BCUT2D eigenvalue weighted by molar-refractivity contribution is 0.197. The minimum atomic E-state index is -0.356. The van der Waals surface area contributed by atoms with Gasteiger partial charge in [-0.3, -0.25) is 4.68 Å². The van der Waals surface area contributed by atoms with E-state index in [1.54, 1.807) is 11.8 Å². The van der Waals surface area contributed by atoms with Gasteiger partial charge in [0.25, 0.3) is 0 Å². The first-order valence-electron chi connectivity index (χ1n) is 7.24. The third-order valence-corrected chi connectivity index (χ3v) is 4.96. The Bertz CT molecular complexity index is 568. The van der Waals surface area contributed by atoms with E-state index in [2.05, 4.69) is 53.1 Å². The molecule has 21 heavy (non-hydrogen) atoms. The van der Waals surface area contributed by atoms with E-state index in [1.165, 1.54) is 4.90 Å². The maximum absolute atomic E-state index is 10.2. The van der Waals surface area contributed by atoms with Crippen molar-refractivity contribution in [3.05, 3.63) is 46.2 Å². The Kier molecular flexibility index (Phi) is 6.33. The van der Waals surface area contributed by atoms with Crippen molar-refractivity contribution in [2.24, 2.45) is 0 Å². The number of aliphatic hydroxyl groups is 1. The van der Waals surface area contributed by atoms with Crippen molar-refractivity contribution in [1.82, 2.24) is 9.78 Å². The largest absolute Gasteiger partial charge is 0.392 e. The molecule has 0 radical (unpaired) electrons. The van der Waals surface area contributed by atoms with E-state index in [0.29, 0.717) is 12.2 Å². The van der Waals surface area contributed by atoms with Crippen LogP contribution in [0.25, 0.3) is 0 Å². The van der Waals surface area contributed by atoms with Gasteiger partial charge < -0.3 is 5.11 Å². The summed E-state index contributed by atoms with van der Waals surface area (Å²) < 4.78 is 3.07. The lowest BCUT2D eigenvalue weighted by Gasteiger charge is -2.11. The van der Waals surface area contributed by atoms with Gasteiger partial charge >= 0.3 is 0 Å². The number of halogens is 1. The van der Waals surface area contributed by atoms with Gasteiger partial charge in [-0.25, -0.2) is 0 Å². The van der Waals surface area contributed by atoms with Gasteiger partial charge in [-0.15, -0.1) is 11.8 Å². The summed E-state index contributed by atoms with van der Waals surface area (Å²) in [7, 11) is 0. The topological polar surface area (TPSA) is 38.0 Å². The van der Waals surface area contributed by atoms with Crippen LogP contribution in [0.2, 0.25) is 0 Å². The summed E-state index contributed by atoms with van der Waals surface area (Å²) in [5.41, 5.74) is 2.22. The molecule has 0 bridgehead atoms.